The number of carbonyl (C=O) groups is 14. The number of nitrogens with one attached hydrogen (secondary N) is 4. The number of ether oxygens (including phenoxy) is 6. The highest BCUT2D eigenvalue weighted by Crippen LogP contribution is 2.47. The van der Waals surface area contributed by atoms with E-state index in [1.807, 2.05) is 0 Å². The van der Waals surface area contributed by atoms with Crippen molar-refractivity contribution in [3.63, 3.8) is 0 Å². The molecule has 2 heterocycles. The van der Waals surface area contributed by atoms with Gasteiger partial charge in [-0.2, -0.15) is 0 Å². The maximum atomic E-state index is 14.6. The van der Waals surface area contributed by atoms with Gasteiger partial charge >= 0.3 is 35.8 Å². The lowest BCUT2D eigenvalue weighted by atomic mass is 9.82. The van der Waals surface area contributed by atoms with Crippen LogP contribution in [0.1, 0.15) is 308 Å². The van der Waals surface area contributed by atoms with Gasteiger partial charge in [0, 0.05) is 109 Å². The van der Waals surface area contributed by atoms with Crippen LogP contribution in [0.25, 0.3) is 43.1 Å². The lowest BCUT2D eigenvalue weighted by molar-refractivity contribution is -0.158. The summed E-state index contributed by atoms with van der Waals surface area (Å²) in [5.74, 6) is -7.75. The molecular weight excluding hydrogens is 1440 g/mol. The van der Waals surface area contributed by atoms with Crippen molar-refractivity contribution in [1.82, 2.24) is 31.1 Å². The van der Waals surface area contributed by atoms with Gasteiger partial charge in [0.15, 0.2) is 0 Å². The number of amides is 8. The Kier molecular flexibility index (Phi) is 28.8. The van der Waals surface area contributed by atoms with Gasteiger partial charge in [-0.25, -0.2) is 0 Å². The average molecular weight is 1560 g/mol. The summed E-state index contributed by atoms with van der Waals surface area (Å²) in [6.07, 6.45) is 2.26. The van der Waals surface area contributed by atoms with Gasteiger partial charge in [0.2, 0.25) is 23.6 Å². The zero-order valence-electron chi connectivity index (χ0n) is 69.4. The van der Waals surface area contributed by atoms with Crippen molar-refractivity contribution in [2.45, 2.75) is 324 Å². The van der Waals surface area contributed by atoms with E-state index in [0.717, 1.165) is 9.80 Å². The molecule has 0 radical (unpaired) electrons. The van der Waals surface area contributed by atoms with Gasteiger partial charge < -0.3 is 49.7 Å². The molecule has 0 saturated carbocycles. The molecule has 612 valence electrons. The molecular formula is C86H118N6O20. The van der Waals surface area contributed by atoms with Gasteiger partial charge in [-0.05, 0) is 259 Å². The summed E-state index contributed by atoms with van der Waals surface area (Å²) in [7, 11) is 0. The Hall–Kier alpha value is -9.62. The fourth-order valence-electron chi connectivity index (χ4n) is 14.4. The van der Waals surface area contributed by atoms with E-state index in [1.165, 1.54) is 13.8 Å². The zero-order chi connectivity index (χ0) is 83.6. The van der Waals surface area contributed by atoms with Crippen LogP contribution in [-0.2, 0) is 76.4 Å². The first-order chi connectivity index (χ1) is 51.8. The number of hydrogen-bond acceptors (Lipinski definition) is 20. The smallest absolute Gasteiger partial charge is 0.306 e. The minimum atomic E-state index is -1.24. The monoisotopic (exact) mass is 1550 g/mol. The second-order valence-corrected chi connectivity index (χ2v) is 35.8. The van der Waals surface area contributed by atoms with Crippen LogP contribution >= 0.6 is 0 Å². The Bertz CT molecular complexity index is 3860. The molecule has 26 heteroatoms. The second-order valence-electron chi connectivity index (χ2n) is 35.8. The lowest BCUT2D eigenvalue weighted by Gasteiger charge is -2.36. The van der Waals surface area contributed by atoms with Crippen LogP contribution in [0, 0.1) is 0 Å². The van der Waals surface area contributed by atoms with Crippen molar-refractivity contribution in [3.8, 4) is 0 Å². The van der Waals surface area contributed by atoms with E-state index in [1.54, 1.807) is 173 Å². The SMILES string of the molecule is C[C@H](C(=O)NCCCCCC(=O)NC(CCC(=O)OC(C)(C)C)(CCC(=O)OC(C)(C)C)CCC(=O)OC(C)(C)C)N1C(=O)c2ccc3c4ccc5c6c(ccc(c7ccc(c2c37)C1=O)c64)C(=O)N([C@H](C)C(=O)NCCCCCC(=O)NC(CCC(=O)OC(C)(C)C)(CCC(=O)OC(C)(C)C)CCC(=O)OC(C)(C)C)C5=O. The maximum Gasteiger partial charge on any atom is 0.306 e. The summed E-state index contributed by atoms with van der Waals surface area (Å²) in [6, 6.07) is 11.0. The van der Waals surface area contributed by atoms with Crippen molar-refractivity contribution in [2.75, 3.05) is 13.1 Å². The van der Waals surface area contributed by atoms with Crippen LogP contribution in [0.4, 0.5) is 0 Å². The summed E-state index contributed by atoms with van der Waals surface area (Å²) in [6.45, 7) is 34.5. The number of hydrogen-bond donors (Lipinski definition) is 4. The number of imide groups is 2. The van der Waals surface area contributed by atoms with Crippen molar-refractivity contribution in [3.05, 3.63) is 70.8 Å². The molecule has 8 amide bonds. The first kappa shape index (κ1) is 89.6. The van der Waals surface area contributed by atoms with E-state index in [-0.39, 0.29) is 137 Å². The molecule has 0 aliphatic carbocycles. The maximum absolute atomic E-state index is 14.6. The van der Waals surface area contributed by atoms with E-state index >= 15 is 0 Å². The van der Waals surface area contributed by atoms with Crippen molar-refractivity contribution in [2.24, 2.45) is 0 Å². The van der Waals surface area contributed by atoms with Crippen LogP contribution in [0.15, 0.2) is 48.5 Å². The Morgan fingerprint density at radius 2 is 0.518 bits per heavy atom. The van der Waals surface area contributed by atoms with Crippen LogP contribution in [0.3, 0.4) is 0 Å². The fraction of sp³-hybridized carbons (Fsp3) is 0.605. The number of carbonyl (C=O) groups excluding carboxylic acids is 14. The lowest BCUT2D eigenvalue weighted by Crippen LogP contribution is -2.52. The van der Waals surface area contributed by atoms with Crippen LogP contribution < -0.4 is 21.3 Å². The van der Waals surface area contributed by atoms with Crippen LogP contribution in [0.5, 0.6) is 0 Å². The summed E-state index contributed by atoms with van der Waals surface area (Å²) < 4.78 is 33.5. The topological polar surface area (TPSA) is 349 Å². The third-order valence-electron chi connectivity index (χ3n) is 19.2. The van der Waals surface area contributed by atoms with E-state index in [2.05, 4.69) is 21.3 Å². The van der Waals surface area contributed by atoms with Crippen LogP contribution in [-0.4, -0.2) is 163 Å². The highest BCUT2D eigenvalue weighted by molar-refractivity contribution is 6.41. The number of benzene rings is 5. The predicted octanol–water partition coefficient (Wildman–Crippen LogP) is 13.5. The molecule has 7 rings (SSSR count). The third-order valence-corrected chi connectivity index (χ3v) is 19.2. The molecule has 0 saturated heterocycles. The van der Waals surface area contributed by atoms with Gasteiger partial charge in [0.1, 0.15) is 45.7 Å². The minimum Gasteiger partial charge on any atom is -0.460 e. The summed E-state index contributed by atoms with van der Waals surface area (Å²) in [4.78, 5) is 194. The van der Waals surface area contributed by atoms with Gasteiger partial charge in [0.25, 0.3) is 23.6 Å². The van der Waals surface area contributed by atoms with Gasteiger partial charge in [-0.15, -0.1) is 0 Å². The number of unbranched alkanes of at least 4 members (excludes halogenated alkanes) is 4. The molecule has 5 aromatic carbocycles. The number of fused-ring (bicyclic) bond motifs is 2. The molecule has 0 spiro atoms. The number of nitrogens with zero attached hydrogens (tertiary/aromatic N) is 2. The second kappa shape index (κ2) is 36.0. The van der Waals surface area contributed by atoms with E-state index < -0.39 is 128 Å². The Morgan fingerprint density at radius 1 is 0.304 bits per heavy atom. The molecule has 0 fully saturated rings. The van der Waals surface area contributed by atoms with Gasteiger partial charge in [-0.1, -0.05) is 37.1 Å². The van der Waals surface area contributed by atoms with E-state index in [9.17, 15) is 67.1 Å². The van der Waals surface area contributed by atoms with E-state index in [0.29, 0.717) is 81.6 Å². The normalized spacial score (nSPS) is 14.3. The largest absolute Gasteiger partial charge is 0.460 e. The average Bonchev–Trinajstić information content (AvgIpc) is 0.689. The van der Waals surface area contributed by atoms with E-state index in [4.69, 9.17) is 28.4 Å². The Morgan fingerprint density at radius 3 is 0.723 bits per heavy atom. The molecule has 0 aromatic heterocycles. The molecule has 0 bridgehead atoms. The molecule has 0 unspecified atom stereocenters. The predicted molar refractivity (Wildman–Crippen MR) is 423 cm³/mol. The summed E-state index contributed by atoms with van der Waals surface area (Å²) in [5.41, 5.74) is -6.34. The molecule has 26 nitrogen and oxygen atoms in total. The quantitative estimate of drug-likeness (QED) is 0.00722. The highest BCUT2D eigenvalue weighted by Gasteiger charge is 2.44. The van der Waals surface area contributed by atoms with Crippen molar-refractivity contribution in [1.29, 1.82) is 0 Å². The highest BCUT2D eigenvalue weighted by atomic mass is 16.6. The molecule has 2 atom stereocenters. The molecule has 2 aliphatic heterocycles. The molecule has 2 aliphatic rings. The first-order valence-electron chi connectivity index (χ1n) is 39.2. The standard InChI is InChI=1S/C86H118N6O20/c1-51(73(101)87-49-25-21-23-27-61(93)89-85(43-37-63(95)107-79(3,4)5,44-38-64(96)108-80(6,7)8)45-39-65(97)109-81(9,10)11)91-75(103)57-33-29-53-55-31-35-59-72-60(36-32-56(70(55)72)54-30-34-58(76(91)104)71(57)69(53)54)78(106)92(77(59)105)52(2)74(102)88-50-26-22-24-28-62(94)90-86(46-40-66(98)110-82(12,13)14,47-41-67(99)111-83(15,16)17)48-42-68(100)112-84(18,19)20/h29-36,51-52H,21-28,37-50H2,1-20H3,(H,87,101)(H,88,102)(H,89,93)(H,90,94)/t51-,52-/m1/s1. The zero-order valence-corrected chi connectivity index (χ0v) is 69.4. The first-order valence-corrected chi connectivity index (χ1v) is 39.2. The summed E-state index contributed by atoms with van der Waals surface area (Å²) in [5, 5.41) is 16.4. The van der Waals surface area contributed by atoms with Crippen molar-refractivity contribution >= 4 is 126 Å². The van der Waals surface area contributed by atoms with Gasteiger partial charge in [0.05, 0.1) is 0 Å². The van der Waals surface area contributed by atoms with Gasteiger partial charge in [-0.3, -0.25) is 76.9 Å². The summed E-state index contributed by atoms with van der Waals surface area (Å²) >= 11 is 0. The fourth-order valence-corrected chi connectivity index (χ4v) is 14.4. The Balaban J connectivity index is 0.971. The van der Waals surface area contributed by atoms with Crippen LogP contribution in [0.2, 0.25) is 0 Å². The molecule has 4 N–H and O–H groups in total. The third kappa shape index (κ3) is 24.7. The Labute approximate surface area is 657 Å². The molecule has 5 aromatic rings. The minimum absolute atomic E-state index is 0.0309. The number of esters is 6. The number of rotatable bonds is 36. The molecule has 112 heavy (non-hydrogen) atoms. The van der Waals surface area contributed by atoms with Crippen molar-refractivity contribution < 1.29 is 95.5 Å².